The summed E-state index contributed by atoms with van der Waals surface area (Å²) in [5.41, 5.74) is 5.98. The van der Waals surface area contributed by atoms with Crippen LogP contribution in [0.3, 0.4) is 0 Å². The minimum Gasteiger partial charge on any atom is -0.466 e. The smallest absolute Gasteiger partial charge is 0.311 e. The van der Waals surface area contributed by atoms with Crippen molar-refractivity contribution >= 4 is 28.3 Å². The number of carbonyl (C=O) groups excluding carboxylic acids is 2. The van der Waals surface area contributed by atoms with Crippen molar-refractivity contribution in [3.8, 4) is 0 Å². The van der Waals surface area contributed by atoms with E-state index >= 15 is 0 Å². The van der Waals surface area contributed by atoms with E-state index in [0.29, 0.717) is 30.3 Å². The monoisotopic (exact) mass is 311 g/mol. The van der Waals surface area contributed by atoms with Gasteiger partial charge in [0.1, 0.15) is 0 Å². The van der Waals surface area contributed by atoms with Gasteiger partial charge in [0.15, 0.2) is 5.13 Å². The third-order valence-electron chi connectivity index (χ3n) is 3.60. The normalized spacial score (nSPS) is 17.2. The molecular formula is C14H21N3O3S. The zero-order chi connectivity index (χ0) is 15.3. The largest absolute Gasteiger partial charge is 0.466 e. The number of aromatic nitrogens is 1. The number of rotatable bonds is 5. The zero-order valence-electron chi connectivity index (χ0n) is 12.2. The summed E-state index contributed by atoms with van der Waals surface area (Å²) in [6.07, 6.45) is 4.63. The van der Waals surface area contributed by atoms with Crippen LogP contribution in [0.15, 0.2) is 5.38 Å². The van der Waals surface area contributed by atoms with E-state index < -0.39 is 5.54 Å². The summed E-state index contributed by atoms with van der Waals surface area (Å²) in [6, 6.07) is 0. The van der Waals surface area contributed by atoms with Gasteiger partial charge in [-0.05, 0) is 19.8 Å². The fourth-order valence-corrected chi connectivity index (χ4v) is 3.14. The summed E-state index contributed by atoms with van der Waals surface area (Å²) in [5, 5.41) is 5.00. The first-order valence-electron chi connectivity index (χ1n) is 7.24. The SMILES string of the molecule is CCOC(=O)Cc1csc(NC(=O)C2(N)CCCCC2)n1. The van der Waals surface area contributed by atoms with Crippen molar-refractivity contribution in [1.82, 2.24) is 4.98 Å². The van der Waals surface area contributed by atoms with E-state index in [1.807, 2.05) is 0 Å². The Morgan fingerprint density at radius 3 is 2.81 bits per heavy atom. The van der Waals surface area contributed by atoms with Gasteiger partial charge in [-0.25, -0.2) is 4.98 Å². The van der Waals surface area contributed by atoms with Gasteiger partial charge in [0, 0.05) is 5.38 Å². The van der Waals surface area contributed by atoms with Crippen LogP contribution in [0.1, 0.15) is 44.7 Å². The summed E-state index contributed by atoms with van der Waals surface area (Å²) >= 11 is 1.29. The molecule has 0 saturated heterocycles. The van der Waals surface area contributed by atoms with Gasteiger partial charge in [-0.1, -0.05) is 19.3 Å². The van der Waals surface area contributed by atoms with Crippen molar-refractivity contribution in [1.29, 1.82) is 0 Å². The molecule has 21 heavy (non-hydrogen) atoms. The molecule has 1 saturated carbocycles. The number of hydrogen-bond acceptors (Lipinski definition) is 6. The highest BCUT2D eigenvalue weighted by molar-refractivity contribution is 7.13. The van der Waals surface area contributed by atoms with Crippen LogP contribution in [0.25, 0.3) is 0 Å². The Bertz CT molecular complexity index is 509. The summed E-state index contributed by atoms with van der Waals surface area (Å²) in [5.74, 6) is -0.498. The fourth-order valence-electron chi connectivity index (χ4n) is 2.44. The molecule has 116 valence electrons. The Morgan fingerprint density at radius 1 is 1.43 bits per heavy atom. The number of ether oxygens (including phenoxy) is 1. The van der Waals surface area contributed by atoms with Crippen molar-refractivity contribution in [2.45, 2.75) is 51.0 Å². The van der Waals surface area contributed by atoms with Gasteiger partial charge in [0.2, 0.25) is 5.91 Å². The lowest BCUT2D eigenvalue weighted by atomic mass is 9.82. The molecule has 1 fully saturated rings. The van der Waals surface area contributed by atoms with E-state index in [-0.39, 0.29) is 18.3 Å². The Hall–Kier alpha value is -1.47. The topological polar surface area (TPSA) is 94.3 Å². The molecule has 1 amide bonds. The summed E-state index contributed by atoms with van der Waals surface area (Å²) in [7, 11) is 0. The first-order valence-corrected chi connectivity index (χ1v) is 8.12. The number of esters is 1. The molecule has 0 atom stereocenters. The van der Waals surface area contributed by atoms with Crippen LogP contribution in [-0.2, 0) is 20.7 Å². The van der Waals surface area contributed by atoms with E-state index in [0.717, 1.165) is 19.3 Å². The van der Waals surface area contributed by atoms with Gasteiger partial charge >= 0.3 is 5.97 Å². The van der Waals surface area contributed by atoms with Crippen LogP contribution >= 0.6 is 11.3 Å². The van der Waals surface area contributed by atoms with Crippen LogP contribution in [-0.4, -0.2) is 29.0 Å². The third-order valence-corrected chi connectivity index (χ3v) is 4.41. The lowest BCUT2D eigenvalue weighted by Gasteiger charge is -2.31. The quantitative estimate of drug-likeness (QED) is 0.809. The maximum absolute atomic E-state index is 12.3. The number of carbonyl (C=O) groups is 2. The minimum absolute atomic E-state index is 0.119. The molecular weight excluding hydrogens is 290 g/mol. The maximum atomic E-state index is 12.3. The minimum atomic E-state index is -0.786. The van der Waals surface area contributed by atoms with E-state index in [1.165, 1.54) is 11.3 Å². The van der Waals surface area contributed by atoms with Crippen LogP contribution in [0.2, 0.25) is 0 Å². The highest BCUT2D eigenvalue weighted by atomic mass is 32.1. The Kier molecular flexibility index (Phi) is 5.30. The molecule has 7 heteroatoms. The highest BCUT2D eigenvalue weighted by Gasteiger charge is 2.35. The molecule has 6 nitrogen and oxygen atoms in total. The second-order valence-corrected chi connectivity index (χ2v) is 6.15. The molecule has 0 radical (unpaired) electrons. The molecule has 0 spiro atoms. The van der Waals surface area contributed by atoms with Crippen molar-refractivity contribution in [2.75, 3.05) is 11.9 Å². The summed E-state index contributed by atoms with van der Waals surface area (Å²) in [4.78, 5) is 27.9. The number of nitrogens with one attached hydrogen (secondary N) is 1. The van der Waals surface area contributed by atoms with Gasteiger partial charge < -0.3 is 15.8 Å². The molecule has 0 bridgehead atoms. The molecule has 2 rings (SSSR count). The summed E-state index contributed by atoms with van der Waals surface area (Å²) in [6.45, 7) is 2.11. The number of hydrogen-bond donors (Lipinski definition) is 2. The van der Waals surface area contributed by atoms with Gasteiger partial charge in [-0.15, -0.1) is 11.3 Å². The average Bonchev–Trinajstić information content (AvgIpc) is 2.87. The predicted molar refractivity (Wildman–Crippen MR) is 81.1 cm³/mol. The van der Waals surface area contributed by atoms with E-state index in [1.54, 1.807) is 12.3 Å². The van der Waals surface area contributed by atoms with Gasteiger partial charge in [-0.3, -0.25) is 9.59 Å². The number of thiazole rings is 1. The lowest BCUT2D eigenvalue weighted by Crippen LogP contribution is -2.52. The second-order valence-electron chi connectivity index (χ2n) is 5.30. The van der Waals surface area contributed by atoms with Crippen LogP contribution in [0, 0.1) is 0 Å². The fraction of sp³-hybridized carbons (Fsp3) is 0.643. The maximum Gasteiger partial charge on any atom is 0.311 e. The first-order chi connectivity index (χ1) is 10.0. The Balaban J connectivity index is 1.92. The lowest BCUT2D eigenvalue weighted by molar-refractivity contribution is -0.142. The van der Waals surface area contributed by atoms with Crippen molar-refractivity contribution in [3.05, 3.63) is 11.1 Å². The third kappa shape index (κ3) is 4.25. The van der Waals surface area contributed by atoms with Crippen LogP contribution < -0.4 is 11.1 Å². The number of amides is 1. The first kappa shape index (κ1) is 15.9. The molecule has 1 aromatic rings. The number of nitrogens with zero attached hydrogens (tertiary/aromatic N) is 1. The van der Waals surface area contributed by atoms with E-state index in [9.17, 15) is 9.59 Å². The molecule has 1 heterocycles. The molecule has 0 aromatic carbocycles. The molecule has 1 aliphatic rings. The van der Waals surface area contributed by atoms with Crippen molar-refractivity contribution < 1.29 is 14.3 Å². The van der Waals surface area contributed by atoms with Crippen LogP contribution in [0.4, 0.5) is 5.13 Å². The Labute approximate surface area is 128 Å². The molecule has 0 unspecified atom stereocenters. The molecule has 1 aliphatic carbocycles. The van der Waals surface area contributed by atoms with Crippen LogP contribution in [0.5, 0.6) is 0 Å². The van der Waals surface area contributed by atoms with Crippen molar-refractivity contribution in [3.63, 3.8) is 0 Å². The predicted octanol–water partition coefficient (Wildman–Crippen LogP) is 1.85. The average molecular weight is 311 g/mol. The zero-order valence-corrected chi connectivity index (χ0v) is 13.0. The standard InChI is InChI=1S/C14H21N3O3S/c1-2-20-11(18)8-10-9-21-13(16-10)17-12(19)14(15)6-4-3-5-7-14/h9H,2-8,15H2,1H3,(H,16,17,19). The highest BCUT2D eigenvalue weighted by Crippen LogP contribution is 2.27. The van der Waals surface area contributed by atoms with Crippen molar-refractivity contribution in [2.24, 2.45) is 5.73 Å². The number of nitrogens with two attached hydrogens (primary N) is 1. The molecule has 3 N–H and O–H groups in total. The Morgan fingerprint density at radius 2 is 2.14 bits per heavy atom. The van der Waals surface area contributed by atoms with E-state index in [4.69, 9.17) is 10.5 Å². The van der Waals surface area contributed by atoms with Gasteiger partial charge in [0.25, 0.3) is 0 Å². The molecule has 1 aromatic heterocycles. The molecule has 0 aliphatic heterocycles. The number of anilines is 1. The summed E-state index contributed by atoms with van der Waals surface area (Å²) < 4.78 is 4.87. The van der Waals surface area contributed by atoms with Gasteiger partial charge in [0.05, 0.1) is 24.3 Å². The van der Waals surface area contributed by atoms with Gasteiger partial charge in [-0.2, -0.15) is 0 Å². The van der Waals surface area contributed by atoms with E-state index in [2.05, 4.69) is 10.3 Å². The second kappa shape index (κ2) is 7.00.